The molecule has 1 spiro atoms. The summed E-state index contributed by atoms with van der Waals surface area (Å²) in [5, 5.41) is 8.68. The molecule has 0 aromatic carbocycles. The van der Waals surface area contributed by atoms with E-state index in [9.17, 15) is 14.4 Å². The van der Waals surface area contributed by atoms with Crippen LogP contribution in [0.5, 0.6) is 0 Å². The van der Waals surface area contributed by atoms with Gasteiger partial charge in [0.1, 0.15) is 12.1 Å². The van der Waals surface area contributed by atoms with Gasteiger partial charge >= 0.3 is 6.03 Å². The molecule has 2 fully saturated rings. The van der Waals surface area contributed by atoms with E-state index in [1.54, 1.807) is 23.7 Å². The Hall–Kier alpha value is -2.81. The minimum absolute atomic E-state index is 0.231. The summed E-state index contributed by atoms with van der Waals surface area (Å²) in [6.45, 7) is 2.39. The first-order valence-corrected chi connectivity index (χ1v) is 11.6. The molecule has 0 unspecified atom stereocenters. The van der Waals surface area contributed by atoms with Crippen molar-refractivity contribution in [1.29, 1.82) is 0 Å². The third-order valence-electron chi connectivity index (χ3n) is 6.09. The summed E-state index contributed by atoms with van der Waals surface area (Å²) in [7, 11) is 0. The van der Waals surface area contributed by atoms with Gasteiger partial charge in [-0.15, -0.1) is 11.3 Å². The van der Waals surface area contributed by atoms with Crippen LogP contribution in [0.4, 0.5) is 4.79 Å². The molecule has 31 heavy (non-hydrogen) atoms. The molecular weight excluding hydrogens is 414 g/mol. The Morgan fingerprint density at radius 1 is 1.29 bits per heavy atom. The monoisotopic (exact) mass is 441 g/mol. The van der Waals surface area contributed by atoms with Crippen molar-refractivity contribution in [2.45, 2.75) is 51.0 Å². The van der Waals surface area contributed by atoms with Crippen LogP contribution < -0.4 is 10.6 Å². The zero-order valence-corrected chi connectivity index (χ0v) is 18.4. The first-order valence-electron chi connectivity index (χ1n) is 10.7. The smallest absolute Gasteiger partial charge is 0.325 e. The third kappa shape index (κ3) is 4.76. The van der Waals surface area contributed by atoms with Crippen LogP contribution in [0.3, 0.4) is 0 Å². The zero-order chi connectivity index (χ0) is 21.8. The number of aromatic nitrogens is 2. The van der Waals surface area contributed by atoms with Crippen LogP contribution in [0, 0.1) is 5.92 Å². The van der Waals surface area contributed by atoms with Gasteiger partial charge in [-0.2, -0.15) is 0 Å². The summed E-state index contributed by atoms with van der Waals surface area (Å²) in [5.41, 5.74) is 1.15. The Morgan fingerprint density at radius 3 is 2.77 bits per heavy atom. The van der Waals surface area contributed by atoms with E-state index < -0.39 is 11.6 Å². The molecule has 0 bridgehead atoms. The van der Waals surface area contributed by atoms with Gasteiger partial charge < -0.3 is 10.6 Å². The van der Waals surface area contributed by atoms with Gasteiger partial charge in [0.25, 0.3) is 5.91 Å². The Morgan fingerprint density at radius 2 is 2.03 bits per heavy atom. The zero-order valence-electron chi connectivity index (χ0n) is 17.6. The van der Waals surface area contributed by atoms with Crippen molar-refractivity contribution in [2.75, 3.05) is 13.1 Å². The Kier molecular flexibility index (Phi) is 6.31. The summed E-state index contributed by atoms with van der Waals surface area (Å²) >= 11 is 1.59. The number of aryl methyl sites for hydroxylation is 1. The highest BCUT2D eigenvalue weighted by Gasteiger charge is 2.52. The molecule has 1 aliphatic heterocycles. The lowest BCUT2D eigenvalue weighted by molar-refractivity contribution is -0.136. The molecule has 4 rings (SSSR count). The van der Waals surface area contributed by atoms with Gasteiger partial charge in [-0.25, -0.2) is 9.78 Å². The average Bonchev–Trinajstić information content (AvgIpc) is 3.33. The lowest BCUT2D eigenvalue weighted by Gasteiger charge is -2.33. The van der Waals surface area contributed by atoms with E-state index in [-0.39, 0.29) is 18.4 Å². The number of hydrogen-bond acceptors (Lipinski definition) is 6. The van der Waals surface area contributed by atoms with Gasteiger partial charge in [0, 0.05) is 36.3 Å². The molecule has 2 N–H and O–H groups in total. The van der Waals surface area contributed by atoms with Crippen LogP contribution in [-0.2, 0) is 16.0 Å². The van der Waals surface area contributed by atoms with Crippen LogP contribution in [0.15, 0.2) is 29.9 Å². The Balaban J connectivity index is 1.22. The number of hydrogen-bond donors (Lipinski definition) is 2. The van der Waals surface area contributed by atoms with E-state index in [0.717, 1.165) is 46.8 Å². The van der Waals surface area contributed by atoms with Crippen molar-refractivity contribution in [1.82, 2.24) is 25.5 Å². The fourth-order valence-corrected chi connectivity index (χ4v) is 5.01. The second kappa shape index (κ2) is 9.13. The molecule has 2 aromatic rings. The number of amides is 4. The number of pyridine rings is 1. The van der Waals surface area contributed by atoms with Crippen LogP contribution in [0.2, 0.25) is 0 Å². The summed E-state index contributed by atoms with van der Waals surface area (Å²) in [6.07, 6.45) is 8.07. The number of imide groups is 1. The van der Waals surface area contributed by atoms with Gasteiger partial charge in [0.2, 0.25) is 5.91 Å². The van der Waals surface area contributed by atoms with E-state index >= 15 is 0 Å². The van der Waals surface area contributed by atoms with Crippen LogP contribution in [0.25, 0.3) is 11.3 Å². The van der Waals surface area contributed by atoms with Crippen LogP contribution in [0.1, 0.15) is 44.0 Å². The minimum Gasteiger partial charge on any atom is -0.355 e. The fourth-order valence-electron chi connectivity index (χ4n) is 4.16. The van der Waals surface area contributed by atoms with Crippen molar-refractivity contribution in [3.63, 3.8) is 0 Å². The predicted octanol–water partition coefficient (Wildman–Crippen LogP) is 2.75. The molecule has 0 atom stereocenters. The highest BCUT2D eigenvalue weighted by atomic mass is 32.1. The lowest BCUT2D eigenvalue weighted by Crippen LogP contribution is -2.49. The van der Waals surface area contributed by atoms with E-state index in [1.807, 2.05) is 17.5 Å². The predicted molar refractivity (Wildman–Crippen MR) is 117 cm³/mol. The van der Waals surface area contributed by atoms with Crippen molar-refractivity contribution in [3.8, 4) is 11.3 Å². The SMILES string of the molecule is CC1CCC2(CC1)NC(=O)N(CC(=O)NCCCc1nc(-c3ccncc3)cs1)C2=O. The summed E-state index contributed by atoms with van der Waals surface area (Å²) in [4.78, 5) is 47.1. The van der Waals surface area contributed by atoms with E-state index in [4.69, 9.17) is 0 Å². The largest absolute Gasteiger partial charge is 0.355 e. The molecule has 164 valence electrons. The van der Waals surface area contributed by atoms with Crippen molar-refractivity contribution in [2.24, 2.45) is 5.92 Å². The number of nitrogens with zero attached hydrogens (tertiary/aromatic N) is 3. The number of nitrogens with one attached hydrogen (secondary N) is 2. The summed E-state index contributed by atoms with van der Waals surface area (Å²) in [6, 6.07) is 3.39. The van der Waals surface area contributed by atoms with Crippen molar-refractivity contribution in [3.05, 3.63) is 34.9 Å². The standard InChI is InChI=1S/C22H27N5O3S/c1-15-4-8-22(9-5-15)20(29)27(21(30)26-22)13-18(28)24-10-2-3-19-25-17(14-31-19)16-6-11-23-12-7-16/h6-7,11-12,14-15H,2-5,8-10,13H2,1H3,(H,24,28)(H,26,30). The number of urea groups is 1. The number of rotatable bonds is 7. The lowest BCUT2D eigenvalue weighted by atomic mass is 9.77. The molecule has 8 nitrogen and oxygen atoms in total. The molecule has 2 aliphatic rings. The second-order valence-corrected chi connectivity index (χ2v) is 9.34. The summed E-state index contributed by atoms with van der Waals surface area (Å²) in [5.74, 6) is -0.0152. The molecule has 4 amide bonds. The maximum Gasteiger partial charge on any atom is 0.325 e. The highest BCUT2D eigenvalue weighted by molar-refractivity contribution is 7.09. The van der Waals surface area contributed by atoms with Gasteiger partial charge in [0.15, 0.2) is 0 Å². The quantitative estimate of drug-likeness (QED) is 0.508. The van der Waals surface area contributed by atoms with Crippen molar-refractivity contribution >= 4 is 29.2 Å². The molecular formula is C22H27N5O3S. The number of carbonyl (C=O) groups is 3. The molecule has 1 aliphatic carbocycles. The van der Waals surface area contributed by atoms with Gasteiger partial charge in [0.05, 0.1) is 10.7 Å². The second-order valence-electron chi connectivity index (χ2n) is 8.40. The van der Waals surface area contributed by atoms with Gasteiger partial charge in [-0.1, -0.05) is 6.92 Å². The molecule has 9 heteroatoms. The molecule has 1 saturated carbocycles. The summed E-state index contributed by atoms with van der Waals surface area (Å²) < 4.78 is 0. The topological polar surface area (TPSA) is 104 Å². The average molecular weight is 442 g/mol. The maximum atomic E-state index is 12.8. The number of thiazole rings is 1. The fraction of sp³-hybridized carbons (Fsp3) is 0.500. The Bertz CT molecular complexity index is 953. The normalized spacial score (nSPS) is 23.3. The van der Waals surface area contributed by atoms with E-state index in [1.165, 1.54) is 0 Å². The molecule has 1 saturated heterocycles. The number of carbonyl (C=O) groups excluding carboxylic acids is 3. The molecule has 0 radical (unpaired) electrons. The van der Waals surface area contributed by atoms with E-state index in [0.29, 0.717) is 25.3 Å². The van der Waals surface area contributed by atoms with Crippen molar-refractivity contribution < 1.29 is 14.4 Å². The van der Waals surface area contributed by atoms with Crippen LogP contribution in [-0.4, -0.2) is 51.3 Å². The Labute approximate surface area is 185 Å². The first-order chi connectivity index (χ1) is 15.0. The molecule has 2 aromatic heterocycles. The van der Waals surface area contributed by atoms with Gasteiger partial charge in [-0.05, 0) is 50.2 Å². The van der Waals surface area contributed by atoms with Gasteiger partial charge in [-0.3, -0.25) is 19.5 Å². The first kappa shape index (κ1) is 21.4. The van der Waals surface area contributed by atoms with E-state index in [2.05, 4.69) is 27.5 Å². The third-order valence-corrected chi connectivity index (χ3v) is 7.00. The highest BCUT2D eigenvalue weighted by Crippen LogP contribution is 2.36. The molecule has 3 heterocycles. The minimum atomic E-state index is -0.804. The van der Waals surface area contributed by atoms with Crippen LogP contribution >= 0.6 is 11.3 Å². The maximum absolute atomic E-state index is 12.8.